The second kappa shape index (κ2) is 12.0. The first-order valence-corrected chi connectivity index (χ1v) is 12.1. The minimum absolute atomic E-state index is 0.0532. The fourth-order valence-electron chi connectivity index (χ4n) is 4.12. The fraction of sp³-hybridized carbons (Fsp3) is 0.423. The summed E-state index contributed by atoms with van der Waals surface area (Å²) in [5.41, 5.74) is 2.33. The van der Waals surface area contributed by atoms with E-state index in [4.69, 9.17) is 4.74 Å². The van der Waals surface area contributed by atoms with Crippen molar-refractivity contribution in [2.45, 2.75) is 38.3 Å². The normalized spacial score (nSPS) is 16.5. The summed E-state index contributed by atoms with van der Waals surface area (Å²) < 4.78 is 6.13. The molecule has 1 aromatic heterocycles. The molecule has 0 bridgehead atoms. The topological polar surface area (TPSA) is 53.0 Å². The van der Waals surface area contributed by atoms with Crippen LogP contribution in [0, 0.1) is 6.92 Å². The van der Waals surface area contributed by atoms with E-state index in [0.29, 0.717) is 32.7 Å². The molecule has 0 aliphatic carbocycles. The number of carbonyl (C=O) groups is 1. The molecule has 0 saturated heterocycles. The van der Waals surface area contributed by atoms with Gasteiger partial charge in [0.2, 0.25) is 5.91 Å². The number of fused-ring (bicyclic) bond motifs is 1. The molecule has 0 radical (unpaired) electrons. The summed E-state index contributed by atoms with van der Waals surface area (Å²) in [5, 5.41) is 12.4. The first-order chi connectivity index (χ1) is 15.5. The highest BCUT2D eigenvalue weighted by molar-refractivity contribution is 7.10. The number of allylic oxidation sites excluding steroid dienone is 1. The zero-order valence-electron chi connectivity index (χ0n) is 18.9. The van der Waals surface area contributed by atoms with Crippen LogP contribution < -0.4 is 4.74 Å². The molecule has 0 fully saturated rings. The van der Waals surface area contributed by atoms with Gasteiger partial charge in [-0.15, -0.1) is 24.5 Å². The molecule has 32 heavy (non-hydrogen) atoms. The summed E-state index contributed by atoms with van der Waals surface area (Å²) in [4.78, 5) is 18.6. The van der Waals surface area contributed by atoms with E-state index >= 15 is 0 Å². The number of ether oxygens (including phenoxy) is 1. The summed E-state index contributed by atoms with van der Waals surface area (Å²) in [6, 6.07) is 9.99. The van der Waals surface area contributed by atoms with E-state index in [1.54, 1.807) is 23.5 Å². The number of amides is 1. The Kier molecular flexibility index (Phi) is 9.09. The second-order valence-corrected chi connectivity index (χ2v) is 9.28. The van der Waals surface area contributed by atoms with Crippen LogP contribution in [-0.4, -0.2) is 59.7 Å². The van der Waals surface area contributed by atoms with Crippen LogP contribution in [0.25, 0.3) is 0 Å². The molecule has 0 saturated carbocycles. The molecule has 3 rings (SSSR count). The Balaban J connectivity index is 1.70. The van der Waals surface area contributed by atoms with E-state index < -0.39 is 6.10 Å². The standard InChI is InChI=1S/C26H34N2O3S/c1-4-6-9-21(29)17-27(13-5-2)18-26(30)28-14-11-25-23(12-15-32-25)24(28)19-31-22-10-7-8-20(3)16-22/h4-5,7-8,10,12,15-16,21,24,29H,1-2,6,9,11,13-14,17-19H2,3H3/t21-,24+/m1/s1. The molecular weight excluding hydrogens is 420 g/mol. The maximum Gasteiger partial charge on any atom is 0.237 e. The fourth-order valence-corrected chi connectivity index (χ4v) is 5.05. The highest BCUT2D eigenvalue weighted by Gasteiger charge is 2.33. The Bertz CT molecular complexity index is 910. The predicted molar refractivity (Wildman–Crippen MR) is 131 cm³/mol. The van der Waals surface area contributed by atoms with Gasteiger partial charge < -0.3 is 14.7 Å². The van der Waals surface area contributed by atoms with Gasteiger partial charge >= 0.3 is 0 Å². The zero-order valence-corrected chi connectivity index (χ0v) is 19.7. The van der Waals surface area contributed by atoms with Crippen LogP contribution in [0.3, 0.4) is 0 Å². The van der Waals surface area contributed by atoms with Crippen molar-refractivity contribution in [1.29, 1.82) is 0 Å². The minimum Gasteiger partial charge on any atom is -0.491 e. The van der Waals surface area contributed by atoms with Crippen LogP contribution in [0.4, 0.5) is 0 Å². The number of aliphatic hydroxyl groups is 1. The molecule has 172 valence electrons. The van der Waals surface area contributed by atoms with Crippen molar-refractivity contribution in [3.05, 3.63) is 77.0 Å². The van der Waals surface area contributed by atoms with Crippen molar-refractivity contribution in [1.82, 2.24) is 9.80 Å². The molecule has 1 aliphatic heterocycles. The highest BCUT2D eigenvalue weighted by Crippen LogP contribution is 2.34. The van der Waals surface area contributed by atoms with Crippen LogP contribution in [0.15, 0.2) is 61.0 Å². The minimum atomic E-state index is -0.494. The molecule has 6 heteroatoms. The number of hydrogen-bond acceptors (Lipinski definition) is 5. The maximum atomic E-state index is 13.4. The van der Waals surface area contributed by atoms with E-state index in [1.807, 2.05) is 41.0 Å². The quantitative estimate of drug-likeness (QED) is 0.484. The maximum absolute atomic E-state index is 13.4. The molecule has 1 N–H and O–H groups in total. The molecule has 0 spiro atoms. The molecule has 1 aliphatic rings. The molecule has 5 nitrogen and oxygen atoms in total. The lowest BCUT2D eigenvalue weighted by Gasteiger charge is -2.37. The SMILES string of the molecule is C=CCC[C@@H](O)CN(CC=C)CC(=O)N1CCc2sccc2[C@@H]1COc1cccc(C)c1. The Labute approximate surface area is 195 Å². The number of aryl methyl sites for hydroxylation is 1. The van der Waals surface area contributed by atoms with Crippen molar-refractivity contribution in [2.75, 3.05) is 32.8 Å². The van der Waals surface area contributed by atoms with Crippen LogP contribution in [0.2, 0.25) is 0 Å². The number of rotatable bonds is 12. The van der Waals surface area contributed by atoms with E-state index in [1.165, 1.54) is 10.4 Å². The first kappa shape index (κ1) is 24.2. The third kappa shape index (κ3) is 6.55. The van der Waals surface area contributed by atoms with E-state index in [0.717, 1.165) is 24.2 Å². The summed E-state index contributed by atoms with van der Waals surface area (Å²) >= 11 is 1.75. The van der Waals surface area contributed by atoms with Crippen molar-refractivity contribution >= 4 is 17.2 Å². The summed E-state index contributed by atoms with van der Waals surface area (Å²) in [7, 11) is 0. The molecule has 2 atom stereocenters. The van der Waals surface area contributed by atoms with Crippen molar-refractivity contribution in [3.8, 4) is 5.75 Å². The predicted octanol–water partition coefficient (Wildman–Crippen LogP) is 4.38. The Hall–Kier alpha value is -2.41. The lowest BCUT2D eigenvalue weighted by Crippen LogP contribution is -2.47. The van der Waals surface area contributed by atoms with Gasteiger partial charge in [0.25, 0.3) is 0 Å². The third-order valence-electron chi connectivity index (χ3n) is 5.73. The Morgan fingerprint density at radius 3 is 2.97 bits per heavy atom. The van der Waals surface area contributed by atoms with Crippen LogP contribution in [-0.2, 0) is 11.2 Å². The van der Waals surface area contributed by atoms with Gasteiger partial charge in [-0.1, -0.05) is 24.3 Å². The monoisotopic (exact) mass is 454 g/mol. The van der Waals surface area contributed by atoms with Gasteiger partial charge in [0.05, 0.1) is 18.7 Å². The van der Waals surface area contributed by atoms with E-state index in [-0.39, 0.29) is 18.5 Å². The van der Waals surface area contributed by atoms with Gasteiger partial charge in [-0.3, -0.25) is 9.69 Å². The van der Waals surface area contributed by atoms with Gasteiger partial charge in [-0.2, -0.15) is 0 Å². The number of hydrogen-bond donors (Lipinski definition) is 1. The van der Waals surface area contributed by atoms with E-state index in [2.05, 4.69) is 24.6 Å². The number of aliphatic hydroxyl groups excluding tert-OH is 1. The van der Waals surface area contributed by atoms with Crippen LogP contribution >= 0.6 is 11.3 Å². The molecular formula is C26H34N2O3S. The van der Waals surface area contributed by atoms with Crippen LogP contribution in [0.1, 0.15) is 34.9 Å². The van der Waals surface area contributed by atoms with E-state index in [9.17, 15) is 9.90 Å². The number of thiophene rings is 1. The Morgan fingerprint density at radius 2 is 2.22 bits per heavy atom. The molecule has 2 aromatic rings. The van der Waals surface area contributed by atoms with Gasteiger partial charge in [-0.05, 0) is 60.9 Å². The average molecular weight is 455 g/mol. The second-order valence-electron chi connectivity index (χ2n) is 8.28. The smallest absolute Gasteiger partial charge is 0.237 e. The molecule has 2 heterocycles. The third-order valence-corrected chi connectivity index (χ3v) is 6.73. The average Bonchev–Trinajstić information content (AvgIpc) is 3.25. The van der Waals surface area contributed by atoms with Crippen molar-refractivity contribution in [2.24, 2.45) is 0 Å². The molecule has 1 aromatic carbocycles. The lowest BCUT2D eigenvalue weighted by atomic mass is 10.0. The largest absolute Gasteiger partial charge is 0.491 e. The van der Waals surface area contributed by atoms with Gasteiger partial charge in [-0.25, -0.2) is 0 Å². The molecule has 1 amide bonds. The number of nitrogens with zero attached hydrogens (tertiary/aromatic N) is 2. The highest BCUT2D eigenvalue weighted by atomic mass is 32.1. The summed E-state index contributed by atoms with van der Waals surface area (Å²) in [6.45, 7) is 11.9. The zero-order chi connectivity index (χ0) is 22.9. The van der Waals surface area contributed by atoms with Crippen molar-refractivity contribution < 1.29 is 14.6 Å². The summed E-state index contributed by atoms with van der Waals surface area (Å²) in [5.74, 6) is 0.871. The van der Waals surface area contributed by atoms with Gasteiger partial charge in [0.1, 0.15) is 12.4 Å². The number of benzene rings is 1. The molecule has 0 unspecified atom stereocenters. The number of carbonyl (C=O) groups excluding carboxylic acids is 1. The first-order valence-electron chi connectivity index (χ1n) is 11.2. The van der Waals surface area contributed by atoms with Crippen molar-refractivity contribution in [3.63, 3.8) is 0 Å². The summed E-state index contributed by atoms with van der Waals surface area (Å²) in [6.07, 6.45) is 5.34. The van der Waals surface area contributed by atoms with Gasteiger partial charge in [0.15, 0.2) is 0 Å². The van der Waals surface area contributed by atoms with Gasteiger partial charge in [0, 0.05) is 24.5 Å². The Morgan fingerprint density at radius 1 is 1.38 bits per heavy atom. The lowest BCUT2D eigenvalue weighted by molar-refractivity contribution is -0.136. The van der Waals surface area contributed by atoms with Crippen LogP contribution in [0.5, 0.6) is 5.75 Å².